The standard InChI is InChI=1S/C15H16N2O3/c1-9-7-17(8-12(9)15(19)20)14(18)11-2-3-13-10(6-11)4-5-16-13/h2-6,9,12,16H,7-8H2,1H3,(H,19,20). The molecule has 1 aliphatic rings. The highest BCUT2D eigenvalue weighted by molar-refractivity contribution is 5.98. The molecule has 3 rings (SSSR count). The van der Waals surface area contributed by atoms with Crippen LogP contribution in [0.25, 0.3) is 10.9 Å². The molecule has 2 aromatic rings. The molecule has 1 aliphatic heterocycles. The number of benzene rings is 1. The van der Waals surface area contributed by atoms with Gasteiger partial charge in [-0.3, -0.25) is 9.59 Å². The smallest absolute Gasteiger partial charge is 0.308 e. The van der Waals surface area contributed by atoms with Crippen molar-refractivity contribution in [3.8, 4) is 0 Å². The maximum Gasteiger partial charge on any atom is 0.308 e. The summed E-state index contributed by atoms with van der Waals surface area (Å²) in [7, 11) is 0. The van der Waals surface area contributed by atoms with Crippen LogP contribution in [-0.2, 0) is 4.79 Å². The summed E-state index contributed by atoms with van der Waals surface area (Å²) in [5.74, 6) is -1.39. The summed E-state index contributed by atoms with van der Waals surface area (Å²) in [5, 5.41) is 10.1. The number of nitrogens with one attached hydrogen (secondary N) is 1. The topological polar surface area (TPSA) is 73.4 Å². The van der Waals surface area contributed by atoms with Gasteiger partial charge in [0.1, 0.15) is 0 Å². The molecule has 1 amide bonds. The van der Waals surface area contributed by atoms with Crippen LogP contribution in [0.5, 0.6) is 0 Å². The third-order valence-corrected chi connectivity index (χ3v) is 4.02. The average Bonchev–Trinajstić information content (AvgIpc) is 3.02. The molecule has 2 N–H and O–H groups in total. The number of aromatic nitrogens is 1. The fourth-order valence-corrected chi connectivity index (χ4v) is 2.82. The number of aromatic amines is 1. The van der Waals surface area contributed by atoms with Crippen molar-refractivity contribution in [1.82, 2.24) is 9.88 Å². The van der Waals surface area contributed by atoms with Gasteiger partial charge in [-0.05, 0) is 30.2 Å². The van der Waals surface area contributed by atoms with E-state index in [2.05, 4.69) is 4.98 Å². The first kappa shape index (κ1) is 12.7. The highest BCUT2D eigenvalue weighted by atomic mass is 16.4. The Hall–Kier alpha value is -2.30. The summed E-state index contributed by atoms with van der Waals surface area (Å²) in [5.41, 5.74) is 1.59. The Morgan fingerprint density at radius 3 is 2.80 bits per heavy atom. The van der Waals surface area contributed by atoms with E-state index in [1.54, 1.807) is 11.0 Å². The maximum atomic E-state index is 12.4. The van der Waals surface area contributed by atoms with Gasteiger partial charge in [0, 0.05) is 35.8 Å². The van der Waals surface area contributed by atoms with Gasteiger partial charge < -0.3 is 15.0 Å². The Kier molecular flexibility index (Phi) is 2.97. The van der Waals surface area contributed by atoms with Crippen molar-refractivity contribution >= 4 is 22.8 Å². The fourth-order valence-electron chi connectivity index (χ4n) is 2.82. The average molecular weight is 272 g/mol. The van der Waals surface area contributed by atoms with Crippen LogP contribution in [-0.4, -0.2) is 40.0 Å². The largest absolute Gasteiger partial charge is 0.481 e. The lowest BCUT2D eigenvalue weighted by molar-refractivity contribution is -0.142. The lowest BCUT2D eigenvalue weighted by atomic mass is 9.99. The summed E-state index contributed by atoms with van der Waals surface area (Å²) in [6, 6.07) is 7.41. The van der Waals surface area contributed by atoms with Crippen molar-refractivity contribution in [2.75, 3.05) is 13.1 Å². The molecular weight excluding hydrogens is 256 g/mol. The predicted molar refractivity (Wildman–Crippen MR) is 74.5 cm³/mol. The summed E-state index contributed by atoms with van der Waals surface area (Å²) < 4.78 is 0. The van der Waals surface area contributed by atoms with Crippen LogP contribution < -0.4 is 0 Å². The molecule has 0 spiro atoms. The molecule has 2 atom stereocenters. The van der Waals surface area contributed by atoms with Crippen molar-refractivity contribution < 1.29 is 14.7 Å². The molecule has 1 aromatic heterocycles. The van der Waals surface area contributed by atoms with E-state index in [1.165, 1.54) is 0 Å². The number of nitrogens with zero attached hydrogens (tertiary/aromatic N) is 1. The summed E-state index contributed by atoms with van der Waals surface area (Å²) in [4.78, 5) is 28.3. The van der Waals surface area contributed by atoms with Gasteiger partial charge in [-0.1, -0.05) is 6.92 Å². The zero-order valence-corrected chi connectivity index (χ0v) is 11.2. The summed E-state index contributed by atoms with van der Waals surface area (Å²) in [6.45, 7) is 2.67. The molecule has 1 saturated heterocycles. The minimum Gasteiger partial charge on any atom is -0.481 e. The lowest BCUT2D eigenvalue weighted by Gasteiger charge is -2.16. The Bertz CT molecular complexity index is 677. The highest BCUT2D eigenvalue weighted by Gasteiger charge is 2.37. The quantitative estimate of drug-likeness (QED) is 0.877. The molecule has 20 heavy (non-hydrogen) atoms. The Labute approximate surface area is 116 Å². The summed E-state index contributed by atoms with van der Waals surface area (Å²) in [6.07, 6.45) is 1.83. The van der Waals surface area contributed by atoms with Crippen molar-refractivity contribution in [2.24, 2.45) is 11.8 Å². The van der Waals surface area contributed by atoms with Crippen LogP contribution in [0.3, 0.4) is 0 Å². The van der Waals surface area contributed by atoms with Crippen molar-refractivity contribution in [2.45, 2.75) is 6.92 Å². The zero-order valence-electron chi connectivity index (χ0n) is 11.2. The van der Waals surface area contributed by atoms with Crippen molar-refractivity contribution in [3.05, 3.63) is 36.0 Å². The summed E-state index contributed by atoms with van der Waals surface area (Å²) >= 11 is 0. The monoisotopic (exact) mass is 272 g/mol. The number of hydrogen-bond donors (Lipinski definition) is 2. The van der Waals surface area contributed by atoms with Crippen LogP contribution in [0, 0.1) is 11.8 Å². The number of hydrogen-bond acceptors (Lipinski definition) is 2. The lowest BCUT2D eigenvalue weighted by Crippen LogP contribution is -2.29. The molecule has 5 nitrogen and oxygen atoms in total. The maximum absolute atomic E-state index is 12.4. The van der Waals surface area contributed by atoms with Crippen molar-refractivity contribution in [3.63, 3.8) is 0 Å². The van der Waals surface area contributed by atoms with Crippen LogP contribution in [0.4, 0.5) is 0 Å². The van der Waals surface area contributed by atoms with E-state index < -0.39 is 11.9 Å². The van der Waals surface area contributed by atoms with Crippen LogP contribution >= 0.6 is 0 Å². The highest BCUT2D eigenvalue weighted by Crippen LogP contribution is 2.25. The number of H-pyrrole nitrogens is 1. The van der Waals surface area contributed by atoms with Gasteiger partial charge in [-0.15, -0.1) is 0 Å². The van der Waals surface area contributed by atoms with E-state index in [4.69, 9.17) is 5.11 Å². The Balaban J connectivity index is 1.84. The predicted octanol–water partition coefficient (Wildman–Crippen LogP) is 1.96. The number of aliphatic carboxylic acids is 1. The van der Waals surface area contributed by atoms with Crippen LogP contribution in [0.15, 0.2) is 30.5 Å². The second-order valence-electron chi connectivity index (χ2n) is 5.41. The van der Waals surface area contributed by atoms with E-state index in [9.17, 15) is 9.59 Å². The first-order valence-corrected chi connectivity index (χ1v) is 6.65. The molecule has 1 aromatic carbocycles. The minimum atomic E-state index is -0.825. The number of carbonyl (C=O) groups excluding carboxylic acids is 1. The molecule has 0 bridgehead atoms. The third-order valence-electron chi connectivity index (χ3n) is 4.02. The third kappa shape index (κ3) is 2.05. The number of likely N-dealkylation sites (tertiary alicyclic amines) is 1. The second kappa shape index (κ2) is 4.67. The molecule has 2 heterocycles. The molecule has 0 radical (unpaired) electrons. The van der Waals surface area contributed by atoms with E-state index in [0.29, 0.717) is 18.7 Å². The SMILES string of the molecule is CC1CN(C(=O)c2ccc3[nH]ccc3c2)CC1C(=O)O. The molecular formula is C15H16N2O3. The van der Waals surface area contributed by atoms with Gasteiger partial charge >= 0.3 is 5.97 Å². The number of carbonyl (C=O) groups is 2. The van der Waals surface area contributed by atoms with Gasteiger partial charge in [-0.25, -0.2) is 0 Å². The van der Waals surface area contributed by atoms with E-state index in [0.717, 1.165) is 10.9 Å². The molecule has 1 fully saturated rings. The van der Waals surface area contributed by atoms with E-state index in [1.807, 2.05) is 31.3 Å². The fraction of sp³-hybridized carbons (Fsp3) is 0.333. The van der Waals surface area contributed by atoms with Crippen LogP contribution in [0.2, 0.25) is 0 Å². The van der Waals surface area contributed by atoms with Crippen LogP contribution in [0.1, 0.15) is 17.3 Å². The van der Waals surface area contributed by atoms with Gasteiger partial charge in [0.05, 0.1) is 5.92 Å². The van der Waals surface area contributed by atoms with Crippen molar-refractivity contribution in [1.29, 1.82) is 0 Å². The Morgan fingerprint density at radius 1 is 1.30 bits per heavy atom. The van der Waals surface area contributed by atoms with Gasteiger partial charge in [0.15, 0.2) is 0 Å². The first-order valence-electron chi connectivity index (χ1n) is 6.65. The number of carboxylic acids is 1. The van der Waals surface area contributed by atoms with Gasteiger partial charge in [0.25, 0.3) is 5.91 Å². The Morgan fingerprint density at radius 2 is 2.10 bits per heavy atom. The number of amides is 1. The van der Waals surface area contributed by atoms with E-state index in [-0.39, 0.29) is 11.8 Å². The van der Waals surface area contributed by atoms with Gasteiger partial charge in [0.2, 0.25) is 0 Å². The minimum absolute atomic E-state index is 0.00700. The first-order chi connectivity index (χ1) is 9.56. The normalized spacial score (nSPS) is 22.4. The number of fused-ring (bicyclic) bond motifs is 1. The van der Waals surface area contributed by atoms with Gasteiger partial charge in [-0.2, -0.15) is 0 Å². The number of rotatable bonds is 2. The molecule has 0 saturated carbocycles. The molecule has 0 aliphatic carbocycles. The zero-order chi connectivity index (χ0) is 14.3. The van der Waals surface area contributed by atoms with E-state index >= 15 is 0 Å². The number of carboxylic acid groups (broad SMARTS) is 1. The second-order valence-corrected chi connectivity index (χ2v) is 5.41. The molecule has 5 heteroatoms. The molecule has 104 valence electrons. The molecule has 2 unspecified atom stereocenters.